The van der Waals surface area contributed by atoms with Crippen molar-refractivity contribution < 1.29 is 19.0 Å². The van der Waals surface area contributed by atoms with Crippen LogP contribution in [-0.2, 0) is 9.47 Å². The van der Waals surface area contributed by atoms with Gasteiger partial charge in [-0.25, -0.2) is 0 Å². The minimum Gasteiger partial charge on any atom is -0.462 e. The van der Waals surface area contributed by atoms with Crippen LogP contribution in [0.25, 0.3) is 0 Å². The van der Waals surface area contributed by atoms with Gasteiger partial charge in [0.2, 0.25) is 6.29 Å². The monoisotopic (exact) mass is 210 g/mol. The molecule has 0 bridgehead atoms. The van der Waals surface area contributed by atoms with Gasteiger partial charge in [0, 0.05) is 19.8 Å². The van der Waals surface area contributed by atoms with E-state index in [0.717, 1.165) is 6.29 Å². The first kappa shape index (κ1) is 11.7. The molecule has 0 aliphatic heterocycles. The maximum Gasteiger partial charge on any atom is 0.223 e. The minimum atomic E-state index is -0.433. The van der Waals surface area contributed by atoms with Crippen LogP contribution in [0.2, 0.25) is 0 Å². The zero-order chi connectivity index (χ0) is 11.1. The highest BCUT2D eigenvalue weighted by Crippen LogP contribution is 2.13. The Hall–Kier alpha value is -1.39. The number of rotatable bonds is 6. The Balaban J connectivity index is 2.58. The first-order chi connectivity index (χ1) is 7.30. The van der Waals surface area contributed by atoms with Crippen LogP contribution < -0.4 is 4.74 Å². The third-order valence-electron chi connectivity index (χ3n) is 1.85. The van der Waals surface area contributed by atoms with E-state index < -0.39 is 6.29 Å². The molecule has 0 radical (unpaired) electrons. The van der Waals surface area contributed by atoms with Gasteiger partial charge in [0.15, 0.2) is 0 Å². The van der Waals surface area contributed by atoms with Crippen LogP contribution >= 0.6 is 0 Å². The molecular formula is C11H14O4. The molecule has 0 saturated heterocycles. The summed E-state index contributed by atoms with van der Waals surface area (Å²) in [5.74, 6) is 0.643. The van der Waals surface area contributed by atoms with Gasteiger partial charge in [0.05, 0.1) is 0 Å². The number of methoxy groups -OCH3 is 2. The Morgan fingerprint density at radius 1 is 1.27 bits per heavy atom. The van der Waals surface area contributed by atoms with Gasteiger partial charge in [0.1, 0.15) is 18.6 Å². The molecule has 0 aliphatic rings. The van der Waals surface area contributed by atoms with Crippen molar-refractivity contribution in [2.45, 2.75) is 6.29 Å². The molecule has 1 rings (SSSR count). The molecule has 4 nitrogen and oxygen atoms in total. The number of carbonyl (C=O) groups is 1. The third kappa shape index (κ3) is 3.69. The Morgan fingerprint density at radius 3 is 2.40 bits per heavy atom. The van der Waals surface area contributed by atoms with E-state index in [9.17, 15) is 4.79 Å². The van der Waals surface area contributed by atoms with Crippen LogP contribution in [0.5, 0.6) is 5.75 Å². The predicted octanol–water partition coefficient (Wildman–Crippen LogP) is 1.50. The fraction of sp³-hybridized carbons (Fsp3) is 0.364. The fourth-order valence-electron chi connectivity index (χ4n) is 1.06. The van der Waals surface area contributed by atoms with Crippen LogP contribution in [0.1, 0.15) is 10.4 Å². The van der Waals surface area contributed by atoms with Crippen molar-refractivity contribution >= 4 is 6.29 Å². The third-order valence-corrected chi connectivity index (χ3v) is 1.85. The largest absolute Gasteiger partial charge is 0.462 e. The molecule has 0 saturated carbocycles. The second-order valence-corrected chi connectivity index (χ2v) is 2.93. The zero-order valence-electron chi connectivity index (χ0n) is 8.80. The Kier molecular flexibility index (Phi) is 4.80. The number of carbonyl (C=O) groups excluding carboxylic acids is 1. The fourth-order valence-corrected chi connectivity index (χ4v) is 1.06. The lowest BCUT2D eigenvalue weighted by atomic mass is 10.2. The van der Waals surface area contributed by atoms with Crippen LogP contribution in [0.15, 0.2) is 24.3 Å². The van der Waals surface area contributed by atoms with E-state index in [1.807, 2.05) is 0 Å². The second-order valence-electron chi connectivity index (χ2n) is 2.93. The number of hydrogen-bond donors (Lipinski definition) is 0. The standard InChI is InChI=1S/C11H14O4/c1-13-8-11(14-2)15-10-5-3-9(7-12)4-6-10/h3-7,11H,8H2,1-2H3. The SMILES string of the molecule is COCC(OC)Oc1ccc(C=O)cc1. The van der Waals surface area contributed by atoms with Crippen LogP contribution in [0.4, 0.5) is 0 Å². The average molecular weight is 210 g/mol. The van der Waals surface area contributed by atoms with Crippen molar-refractivity contribution in [3.63, 3.8) is 0 Å². The number of hydrogen-bond acceptors (Lipinski definition) is 4. The summed E-state index contributed by atoms with van der Waals surface area (Å²) < 4.78 is 15.4. The smallest absolute Gasteiger partial charge is 0.223 e. The van der Waals surface area contributed by atoms with E-state index >= 15 is 0 Å². The molecule has 0 N–H and O–H groups in total. The molecular weight excluding hydrogens is 196 g/mol. The Bertz CT molecular complexity index is 294. The highest BCUT2D eigenvalue weighted by atomic mass is 16.7. The second kappa shape index (κ2) is 6.16. The summed E-state index contributed by atoms with van der Waals surface area (Å²) >= 11 is 0. The molecule has 0 aliphatic carbocycles. The van der Waals surface area contributed by atoms with E-state index in [1.54, 1.807) is 38.5 Å². The van der Waals surface area contributed by atoms with E-state index in [2.05, 4.69) is 0 Å². The maximum absolute atomic E-state index is 10.4. The van der Waals surface area contributed by atoms with Gasteiger partial charge in [-0.05, 0) is 24.3 Å². The molecule has 0 fully saturated rings. The molecule has 0 amide bonds. The molecule has 1 atom stereocenters. The van der Waals surface area contributed by atoms with Gasteiger partial charge in [-0.2, -0.15) is 0 Å². The first-order valence-corrected chi connectivity index (χ1v) is 4.53. The van der Waals surface area contributed by atoms with Gasteiger partial charge in [-0.3, -0.25) is 4.79 Å². The Morgan fingerprint density at radius 2 is 1.93 bits per heavy atom. The summed E-state index contributed by atoms with van der Waals surface area (Å²) in [6.07, 6.45) is 0.351. The summed E-state index contributed by atoms with van der Waals surface area (Å²) in [5, 5.41) is 0. The summed E-state index contributed by atoms with van der Waals surface area (Å²) in [6, 6.07) is 6.79. The highest BCUT2D eigenvalue weighted by molar-refractivity contribution is 5.74. The molecule has 1 unspecified atom stereocenters. The lowest BCUT2D eigenvalue weighted by Gasteiger charge is -2.16. The molecule has 0 spiro atoms. The molecule has 1 aromatic carbocycles. The quantitative estimate of drug-likeness (QED) is 0.527. The summed E-state index contributed by atoms with van der Waals surface area (Å²) in [4.78, 5) is 10.4. The van der Waals surface area contributed by atoms with Crippen LogP contribution in [-0.4, -0.2) is 33.4 Å². The van der Waals surface area contributed by atoms with E-state index in [-0.39, 0.29) is 0 Å². The van der Waals surface area contributed by atoms with Gasteiger partial charge < -0.3 is 14.2 Å². The van der Waals surface area contributed by atoms with E-state index in [1.165, 1.54) is 0 Å². The molecule has 15 heavy (non-hydrogen) atoms. The van der Waals surface area contributed by atoms with Crippen molar-refractivity contribution in [2.24, 2.45) is 0 Å². The predicted molar refractivity (Wildman–Crippen MR) is 55.1 cm³/mol. The summed E-state index contributed by atoms with van der Waals surface area (Å²) in [6.45, 7) is 0.353. The molecule has 0 aromatic heterocycles. The van der Waals surface area contributed by atoms with E-state index in [4.69, 9.17) is 14.2 Å². The summed E-state index contributed by atoms with van der Waals surface area (Å²) in [7, 11) is 3.12. The lowest BCUT2D eigenvalue weighted by Crippen LogP contribution is -2.24. The van der Waals surface area contributed by atoms with Crippen molar-refractivity contribution in [3.8, 4) is 5.75 Å². The molecule has 4 heteroatoms. The van der Waals surface area contributed by atoms with Gasteiger partial charge in [0.25, 0.3) is 0 Å². The highest BCUT2D eigenvalue weighted by Gasteiger charge is 2.07. The average Bonchev–Trinajstić information content (AvgIpc) is 2.29. The van der Waals surface area contributed by atoms with Crippen molar-refractivity contribution in [1.82, 2.24) is 0 Å². The van der Waals surface area contributed by atoms with Crippen LogP contribution in [0, 0.1) is 0 Å². The lowest BCUT2D eigenvalue weighted by molar-refractivity contribution is -0.0931. The van der Waals surface area contributed by atoms with Crippen molar-refractivity contribution in [3.05, 3.63) is 29.8 Å². The zero-order valence-corrected chi connectivity index (χ0v) is 8.80. The number of aldehydes is 1. The van der Waals surface area contributed by atoms with E-state index in [0.29, 0.717) is 17.9 Å². The summed E-state index contributed by atoms with van der Waals surface area (Å²) in [5.41, 5.74) is 0.614. The molecule has 82 valence electrons. The minimum absolute atomic E-state index is 0.353. The Labute approximate surface area is 88.8 Å². The number of benzene rings is 1. The maximum atomic E-state index is 10.4. The molecule has 0 heterocycles. The van der Waals surface area contributed by atoms with Crippen molar-refractivity contribution in [1.29, 1.82) is 0 Å². The van der Waals surface area contributed by atoms with Gasteiger partial charge in [-0.15, -0.1) is 0 Å². The van der Waals surface area contributed by atoms with Gasteiger partial charge >= 0.3 is 0 Å². The number of ether oxygens (including phenoxy) is 3. The normalized spacial score (nSPS) is 12.1. The van der Waals surface area contributed by atoms with Crippen LogP contribution in [0.3, 0.4) is 0 Å². The molecule has 1 aromatic rings. The topological polar surface area (TPSA) is 44.8 Å². The van der Waals surface area contributed by atoms with Crippen molar-refractivity contribution in [2.75, 3.05) is 20.8 Å². The van der Waals surface area contributed by atoms with Gasteiger partial charge in [-0.1, -0.05) is 0 Å². The first-order valence-electron chi connectivity index (χ1n) is 4.53.